The van der Waals surface area contributed by atoms with E-state index in [-0.39, 0.29) is 22.2 Å². The summed E-state index contributed by atoms with van der Waals surface area (Å²) < 4.78 is 54.4. The lowest BCUT2D eigenvalue weighted by atomic mass is 9.98. The minimum absolute atomic E-state index is 0.0109. The summed E-state index contributed by atoms with van der Waals surface area (Å²) >= 11 is 0. The molecule has 2 heterocycles. The molecule has 2 saturated heterocycles. The number of hydrogen-bond donors (Lipinski definition) is 0. The quantitative estimate of drug-likeness (QED) is 0.509. The van der Waals surface area contributed by atoms with Crippen molar-refractivity contribution in [2.24, 2.45) is 5.92 Å². The second kappa shape index (κ2) is 10.4. The minimum Gasteiger partial charge on any atom is -0.339 e. The molecular weight excluding hydrogens is 466 g/mol. The first kappa shape index (κ1) is 25.4. The molecule has 1 aromatic rings. The lowest BCUT2D eigenvalue weighted by molar-refractivity contribution is -0.138. The van der Waals surface area contributed by atoms with Crippen LogP contribution in [0.15, 0.2) is 34.1 Å². The summed E-state index contributed by atoms with van der Waals surface area (Å²) in [6.07, 6.45) is 3.27. The van der Waals surface area contributed by atoms with Crippen molar-refractivity contribution in [3.8, 4) is 6.19 Å². The summed E-state index contributed by atoms with van der Waals surface area (Å²) in [7, 11) is -7.54. The van der Waals surface area contributed by atoms with Gasteiger partial charge < -0.3 is 9.80 Å². The number of rotatable bonds is 7. The molecule has 1 unspecified atom stereocenters. The maximum absolute atomic E-state index is 13.2. The van der Waals surface area contributed by atoms with Gasteiger partial charge in [-0.15, -0.1) is 0 Å². The SMILES string of the molecule is CCN(CC)S(=O)(=O)c1ccc(S(=O)(=O)N2CCCC(C(=O)N3CCN(C#N)CC3)C2)cc1. The summed E-state index contributed by atoms with van der Waals surface area (Å²) in [6, 6.07) is 5.28. The van der Waals surface area contributed by atoms with Crippen molar-refractivity contribution in [1.29, 1.82) is 5.26 Å². The second-order valence-corrected chi connectivity index (χ2v) is 12.1. The van der Waals surface area contributed by atoms with Crippen LogP contribution >= 0.6 is 0 Å². The van der Waals surface area contributed by atoms with Gasteiger partial charge >= 0.3 is 0 Å². The van der Waals surface area contributed by atoms with Crippen molar-refractivity contribution in [2.45, 2.75) is 36.5 Å². The number of amides is 1. The topological polar surface area (TPSA) is 122 Å². The Balaban J connectivity index is 1.72. The summed E-state index contributed by atoms with van der Waals surface area (Å²) in [5.74, 6) is -0.502. The van der Waals surface area contributed by atoms with Gasteiger partial charge in [-0.05, 0) is 37.1 Å². The molecule has 1 amide bonds. The van der Waals surface area contributed by atoms with E-state index in [1.165, 1.54) is 32.9 Å². The smallest absolute Gasteiger partial charge is 0.243 e. The van der Waals surface area contributed by atoms with Gasteiger partial charge in [0.1, 0.15) is 0 Å². The molecule has 0 saturated carbocycles. The predicted molar refractivity (Wildman–Crippen MR) is 122 cm³/mol. The van der Waals surface area contributed by atoms with Crippen molar-refractivity contribution >= 4 is 26.0 Å². The molecule has 0 aliphatic carbocycles. The molecule has 2 aliphatic heterocycles. The van der Waals surface area contributed by atoms with E-state index in [9.17, 15) is 21.6 Å². The van der Waals surface area contributed by atoms with Gasteiger partial charge in [-0.3, -0.25) is 4.79 Å². The first-order valence-corrected chi connectivity index (χ1v) is 14.1. The molecule has 182 valence electrons. The van der Waals surface area contributed by atoms with Crippen molar-refractivity contribution in [2.75, 3.05) is 52.4 Å². The van der Waals surface area contributed by atoms with Crippen LogP contribution in [0.5, 0.6) is 0 Å². The largest absolute Gasteiger partial charge is 0.339 e. The van der Waals surface area contributed by atoms with E-state index in [4.69, 9.17) is 5.26 Å². The number of carbonyl (C=O) groups excluding carboxylic acids is 1. The minimum atomic E-state index is -3.86. The first-order valence-electron chi connectivity index (χ1n) is 11.2. The Morgan fingerprint density at radius 2 is 1.58 bits per heavy atom. The highest BCUT2D eigenvalue weighted by Gasteiger charge is 2.36. The highest BCUT2D eigenvalue weighted by molar-refractivity contribution is 7.89. The summed E-state index contributed by atoms with van der Waals surface area (Å²) in [5, 5.41) is 8.97. The monoisotopic (exact) mass is 497 g/mol. The average molecular weight is 498 g/mol. The number of sulfonamides is 2. The van der Waals surface area contributed by atoms with Gasteiger partial charge in [-0.2, -0.15) is 13.9 Å². The normalized spacial score (nSPS) is 20.6. The lowest BCUT2D eigenvalue weighted by Crippen LogP contribution is -2.52. The molecule has 0 N–H and O–H groups in total. The Morgan fingerprint density at radius 3 is 2.12 bits per heavy atom. The number of piperazine rings is 1. The maximum Gasteiger partial charge on any atom is 0.243 e. The second-order valence-electron chi connectivity index (χ2n) is 8.18. The summed E-state index contributed by atoms with van der Waals surface area (Å²) in [5.41, 5.74) is 0. The molecule has 1 aromatic carbocycles. The molecule has 12 heteroatoms. The van der Waals surface area contributed by atoms with E-state index in [1.807, 2.05) is 0 Å². The van der Waals surface area contributed by atoms with Crippen LogP contribution < -0.4 is 0 Å². The van der Waals surface area contributed by atoms with Gasteiger partial charge in [0, 0.05) is 52.4 Å². The van der Waals surface area contributed by atoms with Crippen LogP contribution in [0.2, 0.25) is 0 Å². The predicted octanol–water partition coefficient (Wildman–Crippen LogP) is 0.743. The van der Waals surface area contributed by atoms with E-state index in [0.29, 0.717) is 58.7 Å². The van der Waals surface area contributed by atoms with E-state index < -0.39 is 26.0 Å². The van der Waals surface area contributed by atoms with Gasteiger partial charge in [0.05, 0.1) is 15.7 Å². The van der Waals surface area contributed by atoms with E-state index in [0.717, 1.165) is 0 Å². The van der Waals surface area contributed by atoms with E-state index in [1.54, 1.807) is 23.6 Å². The Labute approximate surface area is 196 Å². The van der Waals surface area contributed by atoms with Gasteiger partial charge in [0.2, 0.25) is 26.0 Å². The average Bonchev–Trinajstić information content (AvgIpc) is 2.84. The van der Waals surface area contributed by atoms with Crippen LogP contribution in [0, 0.1) is 17.4 Å². The number of carbonyl (C=O) groups is 1. The first-order chi connectivity index (χ1) is 15.6. The van der Waals surface area contributed by atoms with Crippen molar-refractivity contribution < 1.29 is 21.6 Å². The molecule has 0 radical (unpaired) electrons. The Bertz CT molecular complexity index is 1090. The summed E-state index contributed by atoms with van der Waals surface area (Å²) in [4.78, 5) is 16.3. The van der Waals surface area contributed by atoms with E-state index in [2.05, 4.69) is 6.19 Å². The zero-order valence-electron chi connectivity index (χ0n) is 19.1. The number of benzene rings is 1. The van der Waals surface area contributed by atoms with Crippen LogP contribution in [0.4, 0.5) is 0 Å². The third kappa shape index (κ3) is 5.32. The zero-order chi connectivity index (χ0) is 24.2. The Hall–Kier alpha value is -2.20. The highest BCUT2D eigenvalue weighted by atomic mass is 32.2. The molecular formula is C21H31N5O5S2. The van der Waals surface area contributed by atoms with Crippen LogP contribution in [0.1, 0.15) is 26.7 Å². The molecule has 33 heavy (non-hydrogen) atoms. The number of nitriles is 1. The van der Waals surface area contributed by atoms with Gasteiger partial charge in [-0.1, -0.05) is 13.8 Å². The summed E-state index contributed by atoms with van der Waals surface area (Å²) in [6.45, 7) is 6.44. The van der Waals surface area contributed by atoms with Crippen LogP contribution in [0.25, 0.3) is 0 Å². The molecule has 1 atom stereocenters. The van der Waals surface area contributed by atoms with Gasteiger partial charge in [-0.25, -0.2) is 16.8 Å². The molecule has 10 nitrogen and oxygen atoms in total. The molecule has 2 fully saturated rings. The fraction of sp³-hybridized carbons (Fsp3) is 0.619. The number of hydrogen-bond acceptors (Lipinski definition) is 7. The van der Waals surface area contributed by atoms with Gasteiger partial charge in [0.25, 0.3) is 0 Å². The van der Waals surface area contributed by atoms with Crippen LogP contribution in [-0.2, 0) is 24.8 Å². The standard InChI is InChI=1S/C21H31N5O5S2/c1-3-25(4-2)32(28,29)19-7-9-20(10-8-19)33(30,31)26-11-5-6-18(16-26)21(27)24-14-12-23(17-22)13-15-24/h7-10,18H,3-6,11-16H2,1-2H3. The lowest BCUT2D eigenvalue weighted by Gasteiger charge is -2.37. The van der Waals surface area contributed by atoms with E-state index >= 15 is 0 Å². The number of nitrogens with zero attached hydrogens (tertiary/aromatic N) is 5. The number of piperidine rings is 1. The zero-order valence-corrected chi connectivity index (χ0v) is 20.7. The van der Waals surface area contributed by atoms with Crippen LogP contribution in [0.3, 0.4) is 0 Å². The molecule has 0 bridgehead atoms. The van der Waals surface area contributed by atoms with Crippen molar-refractivity contribution in [3.63, 3.8) is 0 Å². The highest BCUT2D eigenvalue weighted by Crippen LogP contribution is 2.26. The molecule has 0 aromatic heterocycles. The third-order valence-corrected chi connectivity index (χ3v) is 10.2. The molecule has 2 aliphatic rings. The molecule has 0 spiro atoms. The van der Waals surface area contributed by atoms with Crippen molar-refractivity contribution in [1.82, 2.24) is 18.4 Å². The third-order valence-electron chi connectivity index (χ3n) is 6.27. The maximum atomic E-state index is 13.2. The Morgan fingerprint density at radius 1 is 1.00 bits per heavy atom. The fourth-order valence-corrected chi connectivity index (χ4v) is 7.27. The Kier molecular flexibility index (Phi) is 8.00. The van der Waals surface area contributed by atoms with Gasteiger partial charge in [0.15, 0.2) is 6.19 Å². The van der Waals surface area contributed by atoms with Crippen molar-refractivity contribution in [3.05, 3.63) is 24.3 Å². The fourth-order valence-electron chi connectivity index (χ4n) is 4.29. The molecule has 3 rings (SSSR count). The van der Waals surface area contributed by atoms with Crippen LogP contribution in [-0.4, -0.2) is 93.5 Å².